The number of aliphatic carboxylic acids is 1. The first-order valence-electron chi connectivity index (χ1n) is 16.6. The van der Waals surface area contributed by atoms with Crippen molar-refractivity contribution in [3.8, 4) is 50.6 Å². The molecule has 0 unspecified atom stereocenters. The Balaban J connectivity index is 0.000000610. The van der Waals surface area contributed by atoms with Crippen molar-refractivity contribution in [2.45, 2.75) is 6.18 Å². The Kier molecular flexibility index (Phi) is 11.5. The number of benzene rings is 3. The van der Waals surface area contributed by atoms with Crippen molar-refractivity contribution in [2.24, 2.45) is 0 Å². The summed E-state index contributed by atoms with van der Waals surface area (Å²) in [6.45, 7) is 0. The number of ether oxygens (including phenoxy) is 3. The number of aromatic nitrogens is 4. The normalized spacial score (nSPS) is 11.9. The summed E-state index contributed by atoms with van der Waals surface area (Å²) < 4.78 is 54.1. The Bertz CT molecular complexity index is 2560. The van der Waals surface area contributed by atoms with Gasteiger partial charge in [-0.15, -0.1) is 11.0 Å². The molecule has 0 N–H and O–H groups in total. The second-order valence-electron chi connectivity index (χ2n) is 12.0. The summed E-state index contributed by atoms with van der Waals surface area (Å²) in [5, 5.41) is 8.78. The summed E-state index contributed by atoms with van der Waals surface area (Å²) in [7, 11) is 4.97. The molecule has 0 aliphatic carbocycles. The Morgan fingerprint density at radius 3 is 1.25 bits per heavy atom. The van der Waals surface area contributed by atoms with Crippen LogP contribution >= 0.6 is 0 Å². The monoisotopic (exact) mass is 806 g/mol. The smallest absolute Gasteiger partial charge is 0.657 e. The summed E-state index contributed by atoms with van der Waals surface area (Å²) in [6.07, 6.45) is 6.45. The van der Waals surface area contributed by atoms with Crippen LogP contribution in [0.2, 0.25) is 0 Å². The number of carboxylic acids is 1. The van der Waals surface area contributed by atoms with Crippen molar-refractivity contribution in [1.82, 2.24) is 19.9 Å². The maximum atomic E-state index is 10.5. The molecular formula is C42H29F3N4O6Zn. The minimum Gasteiger partial charge on any atom is -0.657 e. The van der Waals surface area contributed by atoms with Crippen LogP contribution in [0.3, 0.4) is 0 Å². The number of rotatable bonds is 6. The molecule has 0 amide bonds. The predicted molar refractivity (Wildman–Crippen MR) is 201 cm³/mol. The maximum absolute atomic E-state index is 10.5. The number of hydrogen-bond acceptors (Lipinski definition) is 9. The number of fused-ring (bicyclic) bond motifs is 8. The van der Waals surface area contributed by atoms with Crippen molar-refractivity contribution in [3.05, 3.63) is 119 Å². The van der Waals surface area contributed by atoms with Crippen LogP contribution in [0.1, 0.15) is 34.6 Å². The van der Waals surface area contributed by atoms with Gasteiger partial charge in [0.2, 0.25) is 11.8 Å². The molecule has 14 heteroatoms. The molecule has 0 saturated heterocycles. The molecule has 276 valence electrons. The van der Waals surface area contributed by atoms with Gasteiger partial charge in [0.1, 0.15) is 23.2 Å². The van der Waals surface area contributed by atoms with Crippen molar-refractivity contribution in [1.29, 1.82) is 0 Å². The summed E-state index contributed by atoms with van der Waals surface area (Å²) in [6, 6.07) is 27.8. The van der Waals surface area contributed by atoms with E-state index >= 15 is 0 Å². The van der Waals surface area contributed by atoms with E-state index in [1.165, 1.54) is 0 Å². The second kappa shape index (κ2) is 16.5. The number of carbonyl (C=O) groups is 1. The van der Waals surface area contributed by atoms with Gasteiger partial charge in [-0.1, -0.05) is 48.5 Å². The van der Waals surface area contributed by atoms with Gasteiger partial charge < -0.3 is 33.5 Å². The number of methoxy groups -OCH3 is 3. The van der Waals surface area contributed by atoms with E-state index in [4.69, 9.17) is 48.5 Å². The molecule has 3 aromatic carbocycles. The molecular weight excluding hydrogens is 779 g/mol. The van der Waals surface area contributed by atoms with Gasteiger partial charge in [0.15, 0.2) is 0 Å². The van der Waals surface area contributed by atoms with Gasteiger partial charge in [0.05, 0.1) is 44.1 Å². The van der Waals surface area contributed by atoms with Crippen LogP contribution in [-0.2, 0) is 24.3 Å². The quantitative estimate of drug-likeness (QED) is 0.152. The molecule has 3 aliphatic heterocycles. The van der Waals surface area contributed by atoms with E-state index in [1.807, 2.05) is 121 Å². The third kappa shape index (κ3) is 8.25. The predicted octanol–water partition coefficient (Wildman–Crippen LogP) is 8.16. The molecule has 0 saturated carbocycles. The van der Waals surface area contributed by atoms with E-state index in [1.54, 1.807) is 21.3 Å². The average molecular weight is 808 g/mol. The van der Waals surface area contributed by atoms with Gasteiger partial charge in [-0.25, -0.2) is 15.0 Å². The zero-order chi connectivity index (χ0) is 38.7. The molecule has 8 rings (SSSR count). The molecule has 5 aromatic rings. The van der Waals surface area contributed by atoms with Crippen LogP contribution in [0.5, 0.6) is 17.2 Å². The van der Waals surface area contributed by atoms with E-state index in [2.05, 4.69) is 0 Å². The maximum Gasteiger partial charge on any atom is 2.00 e. The van der Waals surface area contributed by atoms with Crippen LogP contribution < -0.4 is 24.3 Å². The zero-order valence-electron chi connectivity index (χ0n) is 30.1. The summed E-state index contributed by atoms with van der Waals surface area (Å²) in [4.78, 5) is 29.0. The topological polar surface area (TPSA) is 134 Å². The SMILES string of the molecule is COc1ccc(-c2c3nc(oc4nc(c(-c5ccc(OC)cc5)c5ccc([n-]5)c(-c5ccc(OC)cc5)c5nc2C=C5)C=C4)C=C3)cc1.O=C([O-])C(F)(F)F.[Zn+2]. The van der Waals surface area contributed by atoms with Crippen LogP contribution in [0.4, 0.5) is 13.2 Å². The third-order valence-electron chi connectivity index (χ3n) is 8.62. The minimum absolute atomic E-state index is 0. The fraction of sp³-hybridized carbons (Fsp3) is 0.0952. The Hall–Kier alpha value is -6.53. The standard InChI is InChI=1S/C40H29N4O4.C2HF3O2.Zn/c1-45-27-10-4-24(5-11-27)38-30-16-18-32(41-30)39(25-6-12-28(46-2)13-7-25)34-20-22-36(43-34)48-37-23-21-35(44-37)40(33-19-17-31(38)42-33)26-8-14-29(47-3)15-9-26;3-2(4,5)1(6)7;/h4-23H,1-3H3;(H,6,7);/q-1;;+2/p-1. The summed E-state index contributed by atoms with van der Waals surface area (Å²) in [5.41, 5.74) is 10.0. The first kappa shape index (κ1) is 39.2. The van der Waals surface area contributed by atoms with Gasteiger partial charge in [0, 0.05) is 17.7 Å². The molecule has 8 bridgehead atoms. The Morgan fingerprint density at radius 2 is 0.875 bits per heavy atom. The van der Waals surface area contributed by atoms with E-state index in [0.29, 0.717) is 11.8 Å². The first-order chi connectivity index (χ1) is 26.5. The number of alkyl halides is 3. The Morgan fingerprint density at radius 1 is 0.554 bits per heavy atom. The molecule has 5 heterocycles. The van der Waals surface area contributed by atoms with E-state index < -0.39 is 12.1 Å². The number of carboxylic acid groups (broad SMARTS) is 1. The van der Waals surface area contributed by atoms with Crippen LogP contribution in [0, 0.1) is 0 Å². The number of halogens is 3. The van der Waals surface area contributed by atoms with Gasteiger partial charge in [0.25, 0.3) is 0 Å². The fourth-order valence-electron chi connectivity index (χ4n) is 6.02. The van der Waals surface area contributed by atoms with Crippen molar-refractivity contribution in [2.75, 3.05) is 21.3 Å². The van der Waals surface area contributed by atoms with Crippen molar-refractivity contribution >= 4 is 53.5 Å². The van der Waals surface area contributed by atoms with E-state index in [9.17, 15) is 13.2 Å². The van der Waals surface area contributed by atoms with Gasteiger partial charge >= 0.3 is 25.7 Å². The summed E-state index contributed by atoms with van der Waals surface area (Å²) in [5.74, 6) is 0.158. The minimum atomic E-state index is -5.19. The van der Waals surface area contributed by atoms with Gasteiger partial charge in [-0.3, -0.25) is 0 Å². The zero-order valence-corrected chi connectivity index (χ0v) is 33.1. The molecule has 0 fully saturated rings. The molecule has 2 aromatic heterocycles. The van der Waals surface area contributed by atoms with Crippen LogP contribution in [-0.4, -0.2) is 48.4 Å². The fourth-order valence-corrected chi connectivity index (χ4v) is 6.02. The van der Waals surface area contributed by atoms with Crippen LogP contribution in [0.25, 0.3) is 80.9 Å². The molecule has 0 spiro atoms. The van der Waals surface area contributed by atoms with Crippen molar-refractivity contribution < 1.29 is 61.2 Å². The molecule has 56 heavy (non-hydrogen) atoms. The summed E-state index contributed by atoms with van der Waals surface area (Å²) >= 11 is 0. The number of carbonyl (C=O) groups excluding carboxylic acids is 1. The van der Waals surface area contributed by atoms with Crippen LogP contribution in [0.15, 0.2) is 89.3 Å². The number of hydrogen-bond donors (Lipinski definition) is 0. The average Bonchev–Trinajstić information content (AvgIpc) is 4.03. The van der Waals surface area contributed by atoms with Gasteiger partial charge in [-0.05, 0) is 88.5 Å². The Labute approximate surface area is 331 Å². The molecule has 0 radical (unpaired) electrons. The second-order valence-corrected chi connectivity index (χ2v) is 12.0. The van der Waals surface area contributed by atoms with E-state index in [-0.39, 0.29) is 19.5 Å². The van der Waals surface area contributed by atoms with Crippen molar-refractivity contribution in [3.63, 3.8) is 0 Å². The van der Waals surface area contributed by atoms with E-state index in [0.717, 1.165) is 84.4 Å². The number of nitrogens with zero attached hydrogens (tertiary/aromatic N) is 4. The largest absolute Gasteiger partial charge is 2.00 e. The molecule has 3 aliphatic rings. The first-order valence-corrected chi connectivity index (χ1v) is 16.6. The molecule has 10 nitrogen and oxygen atoms in total. The third-order valence-corrected chi connectivity index (χ3v) is 8.62. The molecule has 0 atom stereocenters. The van der Waals surface area contributed by atoms with Gasteiger partial charge in [-0.2, -0.15) is 13.2 Å².